The average molecular weight is 230 g/mol. The molecule has 0 aliphatic carbocycles. The monoisotopic (exact) mass is 229 g/mol. The third-order valence-electron chi connectivity index (χ3n) is 2.23. The molecule has 86 valence electrons. The minimum atomic E-state index is -0.110. The summed E-state index contributed by atoms with van der Waals surface area (Å²) >= 11 is 0. The summed E-state index contributed by atoms with van der Waals surface area (Å²) in [6.45, 7) is 4.09. The van der Waals surface area contributed by atoms with Crippen LogP contribution in [0.15, 0.2) is 24.3 Å². The second kappa shape index (κ2) is 5.99. The molecular weight excluding hydrogens is 210 g/mol. The number of hydrogen-bond donors (Lipinski definition) is 1. The highest BCUT2D eigenvalue weighted by molar-refractivity contribution is 5.85. The van der Waals surface area contributed by atoms with Gasteiger partial charge in [0.25, 0.3) is 0 Å². The summed E-state index contributed by atoms with van der Waals surface area (Å²) in [5, 5.41) is 0. The Labute approximate surface area is 98.2 Å². The van der Waals surface area contributed by atoms with Crippen molar-refractivity contribution in [1.82, 2.24) is 0 Å². The van der Waals surface area contributed by atoms with Crippen molar-refractivity contribution in [1.29, 1.82) is 0 Å². The van der Waals surface area contributed by atoms with Crippen LogP contribution >= 0.6 is 12.4 Å². The van der Waals surface area contributed by atoms with E-state index in [9.17, 15) is 0 Å². The Kier molecular flexibility index (Phi) is 5.69. The molecule has 0 atom stereocenters. The zero-order valence-electron chi connectivity index (χ0n) is 9.62. The highest BCUT2D eigenvalue weighted by atomic mass is 35.5. The van der Waals surface area contributed by atoms with E-state index in [0.29, 0.717) is 0 Å². The maximum absolute atomic E-state index is 5.93. The summed E-state index contributed by atoms with van der Waals surface area (Å²) in [4.78, 5) is 0. The number of para-hydroxylation sites is 1. The summed E-state index contributed by atoms with van der Waals surface area (Å²) in [5.41, 5.74) is 7.05. The first-order valence-corrected chi connectivity index (χ1v) is 4.94. The van der Waals surface area contributed by atoms with Crippen molar-refractivity contribution in [2.24, 2.45) is 5.73 Å². The van der Waals surface area contributed by atoms with Crippen LogP contribution < -0.4 is 10.5 Å². The van der Waals surface area contributed by atoms with Crippen molar-refractivity contribution in [3.05, 3.63) is 29.8 Å². The quantitative estimate of drug-likeness (QED) is 0.862. The maximum atomic E-state index is 5.93. The van der Waals surface area contributed by atoms with Crippen LogP contribution in [0.1, 0.15) is 25.8 Å². The molecule has 2 N–H and O–H groups in total. The van der Waals surface area contributed by atoms with Gasteiger partial charge in [-0.05, 0) is 38.3 Å². The molecule has 1 rings (SSSR count). The Morgan fingerprint density at radius 1 is 1.27 bits per heavy atom. The number of benzene rings is 1. The number of nitrogens with two attached hydrogens (primary N) is 1. The van der Waals surface area contributed by atoms with E-state index in [-0.39, 0.29) is 17.9 Å². The molecule has 3 heteroatoms. The number of aryl methyl sites for hydroxylation is 1. The van der Waals surface area contributed by atoms with Crippen LogP contribution in [0.4, 0.5) is 0 Å². The molecule has 0 bridgehead atoms. The lowest BCUT2D eigenvalue weighted by Crippen LogP contribution is -2.32. The fourth-order valence-electron chi connectivity index (χ4n) is 1.37. The van der Waals surface area contributed by atoms with Crippen LogP contribution in [0.2, 0.25) is 0 Å². The highest BCUT2D eigenvalue weighted by Crippen LogP contribution is 2.20. The molecule has 0 amide bonds. The molecule has 0 radical (unpaired) electrons. The Morgan fingerprint density at radius 3 is 2.40 bits per heavy atom. The minimum absolute atomic E-state index is 0. The van der Waals surface area contributed by atoms with Crippen LogP contribution in [-0.4, -0.2) is 12.6 Å². The molecule has 0 aromatic heterocycles. The fraction of sp³-hybridized carbons (Fsp3) is 0.500. The molecule has 0 aliphatic rings. The molecule has 1 aromatic rings. The fourth-order valence-corrected chi connectivity index (χ4v) is 1.37. The van der Waals surface area contributed by atoms with Gasteiger partial charge in [-0.15, -0.1) is 12.4 Å². The second-order valence-corrected chi connectivity index (χ2v) is 4.30. The van der Waals surface area contributed by atoms with E-state index in [1.807, 2.05) is 32.0 Å². The molecule has 0 unspecified atom stereocenters. The van der Waals surface area contributed by atoms with Crippen LogP contribution in [-0.2, 0) is 6.42 Å². The minimum Gasteiger partial charge on any atom is -0.496 e. The molecule has 1 aromatic carbocycles. The van der Waals surface area contributed by atoms with Crippen molar-refractivity contribution in [2.75, 3.05) is 7.11 Å². The Balaban J connectivity index is 0.00000196. The van der Waals surface area contributed by atoms with Gasteiger partial charge in [-0.3, -0.25) is 0 Å². The van der Waals surface area contributed by atoms with E-state index in [4.69, 9.17) is 10.5 Å². The van der Waals surface area contributed by atoms with Gasteiger partial charge in [0.2, 0.25) is 0 Å². The highest BCUT2D eigenvalue weighted by Gasteiger charge is 2.11. The molecule has 0 fully saturated rings. The van der Waals surface area contributed by atoms with Crippen molar-refractivity contribution < 1.29 is 4.74 Å². The lowest BCUT2D eigenvalue weighted by Gasteiger charge is -2.18. The van der Waals surface area contributed by atoms with Gasteiger partial charge in [-0.2, -0.15) is 0 Å². The molecule has 0 heterocycles. The molecule has 0 saturated heterocycles. The molecule has 0 saturated carbocycles. The molecular formula is C12H20ClNO. The zero-order chi connectivity index (χ0) is 10.6. The van der Waals surface area contributed by atoms with Gasteiger partial charge in [0.05, 0.1) is 7.11 Å². The molecule has 0 spiro atoms. The smallest absolute Gasteiger partial charge is 0.122 e. The maximum Gasteiger partial charge on any atom is 0.122 e. The number of ether oxygens (including phenoxy) is 1. The van der Waals surface area contributed by atoms with Crippen LogP contribution in [0.5, 0.6) is 5.75 Å². The molecule has 2 nitrogen and oxygen atoms in total. The first-order chi connectivity index (χ1) is 6.53. The van der Waals surface area contributed by atoms with Gasteiger partial charge in [0.15, 0.2) is 0 Å². The molecule has 0 aliphatic heterocycles. The van der Waals surface area contributed by atoms with Crippen molar-refractivity contribution in [2.45, 2.75) is 32.2 Å². The average Bonchev–Trinajstić information content (AvgIpc) is 2.14. The summed E-state index contributed by atoms with van der Waals surface area (Å²) in [5.74, 6) is 0.955. The Bertz CT molecular complexity index is 294. The van der Waals surface area contributed by atoms with Gasteiger partial charge in [-0.1, -0.05) is 18.2 Å². The number of halogens is 1. The van der Waals surface area contributed by atoms with E-state index in [0.717, 1.165) is 18.6 Å². The van der Waals surface area contributed by atoms with Crippen molar-refractivity contribution in [3.63, 3.8) is 0 Å². The van der Waals surface area contributed by atoms with Crippen molar-refractivity contribution in [3.8, 4) is 5.75 Å². The second-order valence-electron chi connectivity index (χ2n) is 4.30. The first kappa shape index (κ1) is 14.3. The standard InChI is InChI=1S/C12H19NO.ClH/c1-12(2,13)9-8-10-6-4-5-7-11(10)14-3;/h4-7H,8-9,13H2,1-3H3;1H. The van der Waals surface area contributed by atoms with E-state index in [1.54, 1.807) is 7.11 Å². The first-order valence-electron chi connectivity index (χ1n) is 4.94. The summed E-state index contributed by atoms with van der Waals surface area (Å²) < 4.78 is 5.27. The van der Waals surface area contributed by atoms with Gasteiger partial charge in [-0.25, -0.2) is 0 Å². The van der Waals surface area contributed by atoms with Gasteiger partial charge in [0, 0.05) is 5.54 Å². The van der Waals surface area contributed by atoms with Crippen molar-refractivity contribution >= 4 is 12.4 Å². The lowest BCUT2D eigenvalue weighted by molar-refractivity contribution is 0.404. The Morgan fingerprint density at radius 2 is 1.87 bits per heavy atom. The summed E-state index contributed by atoms with van der Waals surface area (Å²) in [6.07, 6.45) is 1.93. The Hall–Kier alpha value is -0.730. The number of methoxy groups -OCH3 is 1. The topological polar surface area (TPSA) is 35.2 Å². The normalized spacial score (nSPS) is 10.7. The van der Waals surface area contributed by atoms with E-state index in [1.165, 1.54) is 5.56 Å². The van der Waals surface area contributed by atoms with Gasteiger partial charge >= 0.3 is 0 Å². The van der Waals surface area contributed by atoms with E-state index in [2.05, 4.69) is 6.07 Å². The lowest BCUT2D eigenvalue weighted by atomic mass is 9.96. The van der Waals surface area contributed by atoms with E-state index < -0.39 is 0 Å². The largest absolute Gasteiger partial charge is 0.496 e. The third kappa shape index (κ3) is 5.05. The number of rotatable bonds is 4. The predicted octanol–water partition coefficient (Wildman–Crippen LogP) is 2.79. The summed E-state index contributed by atoms with van der Waals surface area (Å²) in [6, 6.07) is 8.08. The molecule has 15 heavy (non-hydrogen) atoms. The summed E-state index contributed by atoms with van der Waals surface area (Å²) in [7, 11) is 1.70. The van der Waals surface area contributed by atoms with Crippen LogP contribution in [0, 0.1) is 0 Å². The predicted molar refractivity (Wildman–Crippen MR) is 66.8 cm³/mol. The third-order valence-corrected chi connectivity index (χ3v) is 2.23. The SMILES string of the molecule is COc1ccccc1CCC(C)(C)N.Cl. The van der Waals surface area contributed by atoms with Gasteiger partial charge < -0.3 is 10.5 Å². The van der Waals surface area contributed by atoms with Crippen LogP contribution in [0.25, 0.3) is 0 Å². The van der Waals surface area contributed by atoms with E-state index >= 15 is 0 Å². The zero-order valence-corrected chi connectivity index (χ0v) is 10.4. The van der Waals surface area contributed by atoms with Crippen LogP contribution in [0.3, 0.4) is 0 Å². The number of hydrogen-bond acceptors (Lipinski definition) is 2. The van der Waals surface area contributed by atoms with Gasteiger partial charge in [0.1, 0.15) is 5.75 Å².